The third kappa shape index (κ3) is 0.695. The summed E-state index contributed by atoms with van der Waals surface area (Å²) in [4.78, 5) is 0. The summed E-state index contributed by atoms with van der Waals surface area (Å²) < 4.78 is 1.99. The highest BCUT2D eigenvalue weighted by Gasteiger charge is 2.08. The third-order valence-corrected chi connectivity index (χ3v) is 0.975. The average molecular weight is 97.1 g/mol. The van der Waals surface area contributed by atoms with Crippen molar-refractivity contribution in [3.8, 4) is 0 Å². The molecule has 0 bridgehead atoms. The van der Waals surface area contributed by atoms with Gasteiger partial charge in [-0.25, -0.2) is 4.58 Å². The van der Waals surface area contributed by atoms with Crippen molar-refractivity contribution >= 4 is 6.21 Å². The summed E-state index contributed by atoms with van der Waals surface area (Å²) in [6, 6.07) is 0. The molecule has 0 amide bonds. The molecule has 7 heavy (non-hydrogen) atoms. The van der Waals surface area contributed by atoms with Crippen molar-refractivity contribution in [2.75, 3.05) is 13.6 Å². The lowest BCUT2D eigenvalue weighted by molar-refractivity contribution is -0.428. The van der Waals surface area contributed by atoms with Crippen LogP contribution in [0.1, 0.15) is 0 Å². The zero-order valence-electron chi connectivity index (χ0n) is 4.39. The van der Waals surface area contributed by atoms with Gasteiger partial charge in [0, 0.05) is 6.54 Å². The largest absolute Gasteiger partial charge is 0.326 e. The average Bonchev–Trinajstić information content (AvgIpc) is 1.58. The lowest BCUT2D eigenvalue weighted by Crippen LogP contribution is -2.18. The van der Waals surface area contributed by atoms with Gasteiger partial charge in [-0.3, -0.25) is 0 Å². The van der Waals surface area contributed by atoms with Crippen molar-refractivity contribution in [1.29, 1.82) is 0 Å². The van der Waals surface area contributed by atoms with Gasteiger partial charge in [0.25, 0.3) is 0 Å². The van der Waals surface area contributed by atoms with E-state index in [9.17, 15) is 0 Å². The first-order valence-electron chi connectivity index (χ1n) is 2.30. The second kappa shape index (κ2) is 1.46. The van der Waals surface area contributed by atoms with E-state index in [2.05, 4.69) is 0 Å². The summed E-state index contributed by atoms with van der Waals surface area (Å²) in [6.45, 7) is 0.671. The summed E-state index contributed by atoms with van der Waals surface area (Å²) in [7, 11) is 1.99. The second-order valence-electron chi connectivity index (χ2n) is 1.70. The zero-order valence-corrected chi connectivity index (χ0v) is 4.39. The van der Waals surface area contributed by atoms with Gasteiger partial charge in [0.2, 0.25) is 0 Å². The van der Waals surface area contributed by atoms with Gasteiger partial charge >= 0.3 is 0 Å². The van der Waals surface area contributed by atoms with Gasteiger partial charge in [-0.15, -0.1) is 0 Å². The van der Waals surface area contributed by atoms with E-state index in [1.807, 2.05) is 24.0 Å². The first-order valence-corrected chi connectivity index (χ1v) is 2.30. The summed E-state index contributed by atoms with van der Waals surface area (Å²) in [5.74, 6) is 0. The minimum atomic E-state index is 0.671. The Kier molecular flexibility index (Phi) is 0.947. The van der Waals surface area contributed by atoms with E-state index in [0.717, 1.165) is 0 Å². The normalized spacial score (nSPS) is 17.4. The van der Waals surface area contributed by atoms with Crippen LogP contribution in [0.25, 0.3) is 0 Å². The molecule has 0 spiro atoms. The highest BCUT2D eigenvalue weighted by Crippen LogP contribution is 1.94. The summed E-state index contributed by atoms with van der Waals surface area (Å²) in [6.07, 6.45) is 4.03. The topological polar surface area (TPSA) is 29.0 Å². The van der Waals surface area contributed by atoms with Crippen LogP contribution in [0, 0.1) is 0 Å². The maximum atomic E-state index is 5.27. The molecule has 1 aliphatic rings. The van der Waals surface area contributed by atoms with Gasteiger partial charge in [0.05, 0.1) is 5.57 Å². The molecule has 0 atom stereocenters. The predicted octanol–water partition coefficient (Wildman–Crippen LogP) is -0.444. The summed E-state index contributed by atoms with van der Waals surface area (Å²) in [5.41, 5.74) is 6.49. The Balaban J connectivity index is 2.41. The molecule has 38 valence electrons. The molecule has 2 nitrogen and oxygen atoms in total. The molecular formula is C5H9N2+. The lowest BCUT2D eigenvalue weighted by Gasteiger charge is -1.99. The smallest absolute Gasteiger partial charge is 0.179 e. The fourth-order valence-electron chi connectivity index (χ4n) is 0.617. The number of hydrogen-bond acceptors (Lipinski definition) is 1. The Hall–Kier alpha value is -0.630. The van der Waals surface area contributed by atoms with Crippen molar-refractivity contribution < 1.29 is 4.58 Å². The standard InChI is InChI=1S/C5H9N2/c1-7-3-5(2-6)4-7/h3-4H,2,6H2,1H3/q+1. The molecule has 1 rings (SSSR count). The van der Waals surface area contributed by atoms with Crippen molar-refractivity contribution in [3.63, 3.8) is 0 Å². The molecule has 0 radical (unpaired) electrons. The van der Waals surface area contributed by atoms with Crippen LogP contribution in [0.2, 0.25) is 0 Å². The van der Waals surface area contributed by atoms with E-state index in [0.29, 0.717) is 6.54 Å². The second-order valence-corrected chi connectivity index (χ2v) is 1.70. The van der Waals surface area contributed by atoms with Gasteiger partial charge in [0.15, 0.2) is 12.4 Å². The molecule has 0 aliphatic carbocycles. The van der Waals surface area contributed by atoms with Crippen LogP contribution < -0.4 is 5.73 Å². The molecule has 0 fully saturated rings. The van der Waals surface area contributed by atoms with E-state index in [4.69, 9.17) is 5.73 Å². The quantitative estimate of drug-likeness (QED) is 0.441. The predicted molar refractivity (Wildman–Crippen MR) is 29.4 cm³/mol. The highest BCUT2D eigenvalue weighted by atomic mass is 15.0. The van der Waals surface area contributed by atoms with Gasteiger partial charge in [-0.05, 0) is 0 Å². The minimum Gasteiger partial charge on any atom is -0.326 e. The Labute approximate surface area is 42.9 Å². The fraction of sp³-hybridized carbons (Fsp3) is 0.400. The first kappa shape index (κ1) is 4.53. The number of hydrogen-bond donors (Lipinski definition) is 1. The lowest BCUT2D eigenvalue weighted by atomic mass is 10.2. The molecular weight excluding hydrogens is 88.1 g/mol. The Morgan fingerprint density at radius 2 is 2.43 bits per heavy atom. The fourth-order valence-corrected chi connectivity index (χ4v) is 0.617. The van der Waals surface area contributed by atoms with Crippen LogP contribution in [0.5, 0.6) is 0 Å². The Morgan fingerprint density at radius 3 is 2.57 bits per heavy atom. The molecule has 2 heteroatoms. The van der Waals surface area contributed by atoms with Crippen molar-refractivity contribution in [1.82, 2.24) is 0 Å². The molecule has 0 unspecified atom stereocenters. The molecule has 0 saturated carbocycles. The van der Waals surface area contributed by atoms with Crippen molar-refractivity contribution in [3.05, 3.63) is 11.8 Å². The van der Waals surface area contributed by atoms with Crippen molar-refractivity contribution in [2.45, 2.75) is 0 Å². The van der Waals surface area contributed by atoms with Gasteiger partial charge in [0.1, 0.15) is 7.05 Å². The molecule has 0 aromatic heterocycles. The minimum absolute atomic E-state index is 0.671. The maximum Gasteiger partial charge on any atom is 0.179 e. The first-order chi connectivity index (χ1) is 3.33. The molecule has 1 heterocycles. The Bertz CT molecular complexity index is 133. The van der Waals surface area contributed by atoms with Crippen LogP contribution in [-0.4, -0.2) is 24.4 Å². The van der Waals surface area contributed by atoms with Gasteiger partial charge in [-0.2, -0.15) is 0 Å². The van der Waals surface area contributed by atoms with Crippen LogP contribution in [0.15, 0.2) is 11.8 Å². The molecule has 0 aromatic rings. The van der Waals surface area contributed by atoms with E-state index in [-0.39, 0.29) is 0 Å². The Morgan fingerprint density at radius 1 is 1.86 bits per heavy atom. The highest BCUT2D eigenvalue weighted by molar-refractivity contribution is 5.78. The van der Waals surface area contributed by atoms with Crippen LogP contribution >= 0.6 is 0 Å². The van der Waals surface area contributed by atoms with E-state index in [1.165, 1.54) is 5.57 Å². The third-order valence-electron chi connectivity index (χ3n) is 0.975. The maximum absolute atomic E-state index is 5.27. The molecule has 0 aromatic carbocycles. The molecule has 1 aliphatic heterocycles. The van der Waals surface area contributed by atoms with Crippen LogP contribution in [-0.2, 0) is 0 Å². The van der Waals surface area contributed by atoms with Crippen LogP contribution in [0.4, 0.5) is 0 Å². The number of rotatable bonds is 1. The van der Waals surface area contributed by atoms with E-state index >= 15 is 0 Å². The van der Waals surface area contributed by atoms with E-state index < -0.39 is 0 Å². The van der Waals surface area contributed by atoms with Gasteiger partial charge < -0.3 is 5.73 Å². The SMILES string of the molecule is C[N+]1=CC(CN)=C1. The number of nitrogens with zero attached hydrogens (tertiary/aromatic N) is 1. The van der Waals surface area contributed by atoms with Gasteiger partial charge in [-0.1, -0.05) is 0 Å². The molecule has 2 N–H and O–H groups in total. The zero-order chi connectivity index (χ0) is 5.28. The monoisotopic (exact) mass is 97.1 g/mol. The van der Waals surface area contributed by atoms with E-state index in [1.54, 1.807) is 0 Å². The van der Waals surface area contributed by atoms with Crippen LogP contribution in [0.3, 0.4) is 0 Å². The number of nitrogens with two attached hydrogens (primary N) is 1. The van der Waals surface area contributed by atoms with Crippen molar-refractivity contribution in [2.24, 2.45) is 5.73 Å². The molecule has 0 saturated heterocycles. The summed E-state index contributed by atoms with van der Waals surface area (Å²) in [5, 5.41) is 0. The summed E-state index contributed by atoms with van der Waals surface area (Å²) >= 11 is 0.